The first-order chi connectivity index (χ1) is 8.44. The van der Waals surface area contributed by atoms with Crippen molar-refractivity contribution in [3.8, 4) is 0 Å². The lowest BCUT2D eigenvalue weighted by molar-refractivity contribution is -0.381. The van der Waals surface area contributed by atoms with Gasteiger partial charge in [0.05, 0.1) is 13.2 Å². The number of rotatable bonds is 3. The molecule has 104 valence electrons. The standard InChI is InChI=1S/C12H20O6/c1-4-5-15-11-9(14)8(13)10-7(17-11)6-16-12(2,3)18-10/h4,7-11,13-14H,1,5-6H2,2-3H3. The third-order valence-corrected chi connectivity index (χ3v) is 3.03. The number of aliphatic hydroxyl groups is 2. The molecule has 0 aromatic rings. The lowest BCUT2D eigenvalue weighted by Gasteiger charge is -2.48. The van der Waals surface area contributed by atoms with Crippen molar-refractivity contribution in [2.45, 2.75) is 50.3 Å². The zero-order valence-electron chi connectivity index (χ0n) is 10.6. The molecule has 6 heteroatoms. The fraction of sp³-hybridized carbons (Fsp3) is 0.833. The van der Waals surface area contributed by atoms with Crippen molar-refractivity contribution in [3.05, 3.63) is 12.7 Å². The van der Waals surface area contributed by atoms with Gasteiger partial charge in [-0.1, -0.05) is 6.08 Å². The summed E-state index contributed by atoms with van der Waals surface area (Å²) in [4.78, 5) is 0. The van der Waals surface area contributed by atoms with Crippen LogP contribution in [0.2, 0.25) is 0 Å². The van der Waals surface area contributed by atoms with E-state index in [1.807, 2.05) is 0 Å². The van der Waals surface area contributed by atoms with Crippen molar-refractivity contribution in [1.29, 1.82) is 0 Å². The zero-order chi connectivity index (χ0) is 13.3. The molecule has 2 saturated heterocycles. The van der Waals surface area contributed by atoms with Crippen LogP contribution in [0.5, 0.6) is 0 Å². The molecule has 2 fully saturated rings. The van der Waals surface area contributed by atoms with Crippen LogP contribution in [0.3, 0.4) is 0 Å². The first-order valence-corrected chi connectivity index (χ1v) is 6.00. The van der Waals surface area contributed by atoms with E-state index in [1.54, 1.807) is 19.9 Å². The highest BCUT2D eigenvalue weighted by Crippen LogP contribution is 2.32. The van der Waals surface area contributed by atoms with E-state index in [-0.39, 0.29) is 13.2 Å². The molecular weight excluding hydrogens is 240 g/mol. The van der Waals surface area contributed by atoms with Gasteiger partial charge in [0.1, 0.15) is 24.4 Å². The van der Waals surface area contributed by atoms with E-state index in [2.05, 4.69) is 6.58 Å². The highest BCUT2D eigenvalue weighted by atomic mass is 16.8. The van der Waals surface area contributed by atoms with Gasteiger partial charge in [0.2, 0.25) is 0 Å². The van der Waals surface area contributed by atoms with Crippen molar-refractivity contribution in [1.82, 2.24) is 0 Å². The highest BCUT2D eigenvalue weighted by Gasteiger charge is 2.50. The second-order valence-corrected chi connectivity index (χ2v) is 4.94. The molecule has 2 aliphatic rings. The Morgan fingerprint density at radius 1 is 1.39 bits per heavy atom. The van der Waals surface area contributed by atoms with Crippen molar-refractivity contribution in [3.63, 3.8) is 0 Å². The Bertz CT molecular complexity index is 303. The van der Waals surface area contributed by atoms with Crippen LogP contribution in [0.4, 0.5) is 0 Å². The van der Waals surface area contributed by atoms with Crippen LogP contribution in [0.1, 0.15) is 13.8 Å². The van der Waals surface area contributed by atoms with Crippen LogP contribution in [0, 0.1) is 0 Å². The van der Waals surface area contributed by atoms with E-state index < -0.39 is 36.5 Å². The predicted octanol–water partition coefficient (Wildman–Crippen LogP) is -0.213. The fourth-order valence-electron chi connectivity index (χ4n) is 2.13. The molecule has 0 aromatic heterocycles. The Labute approximate surface area is 106 Å². The van der Waals surface area contributed by atoms with Crippen LogP contribution in [-0.4, -0.2) is 59.9 Å². The number of hydrogen-bond donors (Lipinski definition) is 2. The maximum absolute atomic E-state index is 10.1. The molecule has 6 nitrogen and oxygen atoms in total. The van der Waals surface area contributed by atoms with Crippen LogP contribution in [0.25, 0.3) is 0 Å². The number of aliphatic hydroxyl groups excluding tert-OH is 2. The third-order valence-electron chi connectivity index (χ3n) is 3.03. The molecular formula is C12H20O6. The smallest absolute Gasteiger partial charge is 0.187 e. The predicted molar refractivity (Wildman–Crippen MR) is 61.7 cm³/mol. The van der Waals surface area contributed by atoms with E-state index in [1.165, 1.54) is 0 Å². The Morgan fingerprint density at radius 2 is 2.11 bits per heavy atom. The fourth-order valence-corrected chi connectivity index (χ4v) is 2.13. The summed E-state index contributed by atoms with van der Waals surface area (Å²) < 4.78 is 21.8. The van der Waals surface area contributed by atoms with Gasteiger partial charge >= 0.3 is 0 Å². The van der Waals surface area contributed by atoms with Gasteiger partial charge < -0.3 is 29.2 Å². The SMILES string of the molecule is C=CCOC1OC2COC(C)(C)OC2C(O)C1O. The minimum atomic E-state index is -1.15. The molecule has 0 bridgehead atoms. The second-order valence-electron chi connectivity index (χ2n) is 4.94. The summed E-state index contributed by atoms with van der Waals surface area (Å²) >= 11 is 0. The number of hydrogen-bond acceptors (Lipinski definition) is 6. The number of ether oxygens (including phenoxy) is 4. The van der Waals surface area contributed by atoms with Crippen molar-refractivity contribution < 1.29 is 29.2 Å². The Kier molecular flexibility index (Phi) is 4.05. The molecule has 0 aromatic carbocycles. The summed E-state index contributed by atoms with van der Waals surface area (Å²) in [5.41, 5.74) is 0. The van der Waals surface area contributed by atoms with Gasteiger partial charge in [-0.25, -0.2) is 0 Å². The molecule has 0 spiro atoms. The lowest BCUT2D eigenvalue weighted by Crippen LogP contribution is -2.64. The van der Waals surface area contributed by atoms with E-state index in [0.29, 0.717) is 0 Å². The van der Waals surface area contributed by atoms with Gasteiger partial charge in [0, 0.05) is 0 Å². The third kappa shape index (κ3) is 2.74. The Hall–Kier alpha value is -0.500. The van der Waals surface area contributed by atoms with E-state index in [9.17, 15) is 10.2 Å². The Balaban J connectivity index is 2.04. The molecule has 0 radical (unpaired) electrons. The molecule has 2 N–H and O–H groups in total. The first kappa shape index (κ1) is 13.9. The topological polar surface area (TPSA) is 77.4 Å². The summed E-state index contributed by atoms with van der Waals surface area (Å²) in [5, 5.41) is 20.0. The minimum absolute atomic E-state index is 0.235. The molecule has 0 saturated carbocycles. The lowest BCUT2D eigenvalue weighted by atomic mass is 9.97. The van der Waals surface area contributed by atoms with Crippen molar-refractivity contribution >= 4 is 0 Å². The maximum Gasteiger partial charge on any atom is 0.187 e. The zero-order valence-corrected chi connectivity index (χ0v) is 10.6. The van der Waals surface area contributed by atoms with Gasteiger partial charge in [-0.3, -0.25) is 0 Å². The normalized spacial score (nSPS) is 43.2. The van der Waals surface area contributed by atoms with Gasteiger partial charge in [-0.05, 0) is 13.8 Å². The van der Waals surface area contributed by atoms with Crippen LogP contribution in [-0.2, 0) is 18.9 Å². The maximum atomic E-state index is 10.1. The molecule has 18 heavy (non-hydrogen) atoms. The van der Waals surface area contributed by atoms with Crippen LogP contribution < -0.4 is 0 Å². The van der Waals surface area contributed by atoms with Crippen LogP contribution in [0.15, 0.2) is 12.7 Å². The summed E-state index contributed by atoms with van der Waals surface area (Å²) in [5.74, 6) is -0.792. The van der Waals surface area contributed by atoms with E-state index in [4.69, 9.17) is 18.9 Å². The average molecular weight is 260 g/mol. The molecule has 5 atom stereocenters. The summed E-state index contributed by atoms with van der Waals surface area (Å²) in [7, 11) is 0. The highest BCUT2D eigenvalue weighted by molar-refractivity contribution is 4.93. The molecule has 2 rings (SSSR count). The first-order valence-electron chi connectivity index (χ1n) is 6.00. The van der Waals surface area contributed by atoms with Crippen LogP contribution >= 0.6 is 0 Å². The average Bonchev–Trinajstić information content (AvgIpc) is 2.32. The summed E-state index contributed by atoms with van der Waals surface area (Å²) in [6.07, 6.45) is -2.64. The monoisotopic (exact) mass is 260 g/mol. The van der Waals surface area contributed by atoms with E-state index in [0.717, 1.165) is 0 Å². The minimum Gasteiger partial charge on any atom is -0.387 e. The van der Waals surface area contributed by atoms with E-state index >= 15 is 0 Å². The van der Waals surface area contributed by atoms with Gasteiger partial charge in [-0.2, -0.15) is 0 Å². The molecule has 0 amide bonds. The molecule has 0 aliphatic carbocycles. The summed E-state index contributed by atoms with van der Waals surface area (Å²) in [6, 6.07) is 0. The Morgan fingerprint density at radius 3 is 2.78 bits per heavy atom. The van der Waals surface area contributed by atoms with Gasteiger partial charge in [0.25, 0.3) is 0 Å². The quantitative estimate of drug-likeness (QED) is 0.684. The number of fused-ring (bicyclic) bond motifs is 1. The molecule has 5 unspecified atom stereocenters. The van der Waals surface area contributed by atoms with Gasteiger partial charge in [0.15, 0.2) is 12.1 Å². The molecule has 2 heterocycles. The second kappa shape index (κ2) is 5.24. The molecule has 2 aliphatic heterocycles. The van der Waals surface area contributed by atoms with Gasteiger partial charge in [-0.15, -0.1) is 6.58 Å². The van der Waals surface area contributed by atoms with Crippen molar-refractivity contribution in [2.75, 3.05) is 13.2 Å². The summed E-state index contributed by atoms with van der Waals surface area (Å²) in [6.45, 7) is 7.54. The van der Waals surface area contributed by atoms with Crippen molar-refractivity contribution in [2.24, 2.45) is 0 Å². The largest absolute Gasteiger partial charge is 0.387 e.